The van der Waals surface area contributed by atoms with E-state index in [-0.39, 0.29) is 11.5 Å². The molecule has 2 fully saturated rings. The van der Waals surface area contributed by atoms with Crippen LogP contribution in [0.5, 0.6) is 11.5 Å². The van der Waals surface area contributed by atoms with E-state index in [1.165, 1.54) is 12.8 Å². The predicted octanol–water partition coefficient (Wildman–Crippen LogP) is 1.66. The summed E-state index contributed by atoms with van der Waals surface area (Å²) in [5, 5.41) is 10.1. The van der Waals surface area contributed by atoms with Crippen molar-refractivity contribution in [3.05, 3.63) is 23.8 Å². The third-order valence-corrected chi connectivity index (χ3v) is 4.46. The van der Waals surface area contributed by atoms with Crippen LogP contribution in [0.1, 0.15) is 18.4 Å². The van der Waals surface area contributed by atoms with Crippen LogP contribution in [-0.4, -0.2) is 43.4 Å². The van der Waals surface area contributed by atoms with E-state index in [9.17, 15) is 5.11 Å². The molecule has 0 radical (unpaired) electrons. The highest BCUT2D eigenvalue weighted by Gasteiger charge is 2.54. The Morgan fingerprint density at radius 1 is 1.32 bits per heavy atom. The summed E-state index contributed by atoms with van der Waals surface area (Å²) in [5.74, 6) is 1.66. The normalized spacial score (nSPS) is 24.7. The first-order valence-corrected chi connectivity index (χ1v) is 6.78. The zero-order valence-electron chi connectivity index (χ0n) is 11.6. The number of aliphatic hydroxyl groups is 1. The number of ether oxygens (including phenoxy) is 2. The van der Waals surface area contributed by atoms with E-state index in [0.717, 1.165) is 36.7 Å². The largest absolute Gasteiger partial charge is 0.497 e. The van der Waals surface area contributed by atoms with Gasteiger partial charge in [0.15, 0.2) is 0 Å². The number of methoxy groups -OCH3 is 2. The van der Waals surface area contributed by atoms with Crippen LogP contribution in [0.3, 0.4) is 0 Å². The second kappa shape index (κ2) is 4.69. The lowest BCUT2D eigenvalue weighted by molar-refractivity contribution is 0.131. The highest BCUT2D eigenvalue weighted by molar-refractivity contribution is 5.40. The molecule has 2 aliphatic rings. The van der Waals surface area contributed by atoms with Gasteiger partial charge in [-0.1, -0.05) is 6.07 Å². The van der Waals surface area contributed by atoms with Crippen molar-refractivity contribution >= 4 is 0 Å². The minimum atomic E-state index is -0.156. The molecule has 0 amide bonds. The Morgan fingerprint density at radius 2 is 2.11 bits per heavy atom. The van der Waals surface area contributed by atoms with Crippen LogP contribution in [-0.2, 0) is 6.54 Å². The molecular formula is C15H21NO3. The molecule has 1 aromatic rings. The van der Waals surface area contributed by atoms with Gasteiger partial charge in [-0.3, -0.25) is 4.90 Å². The number of nitrogens with zero attached hydrogens (tertiary/aromatic N) is 1. The van der Waals surface area contributed by atoms with E-state index in [1.807, 2.05) is 18.2 Å². The summed E-state index contributed by atoms with van der Waals surface area (Å²) in [5.41, 5.74) is 1.35. The SMILES string of the molecule is COc1ccc(CN2CC(O)C3(CC3)C2)c(OC)c1. The van der Waals surface area contributed by atoms with Gasteiger partial charge in [0.1, 0.15) is 11.5 Å². The highest BCUT2D eigenvalue weighted by atomic mass is 16.5. The van der Waals surface area contributed by atoms with Crippen molar-refractivity contribution in [2.24, 2.45) is 5.41 Å². The van der Waals surface area contributed by atoms with Gasteiger partial charge in [0.05, 0.1) is 20.3 Å². The molecule has 1 aliphatic carbocycles. The lowest BCUT2D eigenvalue weighted by Gasteiger charge is -2.18. The molecule has 4 heteroatoms. The van der Waals surface area contributed by atoms with Crippen molar-refractivity contribution in [2.45, 2.75) is 25.5 Å². The number of β-amino-alcohol motifs (C(OH)–C–C–N with tert-alkyl or cyclic N) is 1. The Balaban J connectivity index is 1.73. The van der Waals surface area contributed by atoms with E-state index >= 15 is 0 Å². The molecule has 1 saturated carbocycles. The maximum absolute atomic E-state index is 10.1. The third kappa shape index (κ3) is 2.30. The summed E-state index contributed by atoms with van der Waals surface area (Å²) < 4.78 is 10.6. The monoisotopic (exact) mass is 263 g/mol. The van der Waals surface area contributed by atoms with Crippen molar-refractivity contribution < 1.29 is 14.6 Å². The molecule has 4 nitrogen and oxygen atoms in total. The molecule has 3 rings (SSSR count). The number of aliphatic hydroxyl groups excluding tert-OH is 1. The topological polar surface area (TPSA) is 41.9 Å². The molecule has 1 atom stereocenters. The molecule has 1 spiro atoms. The van der Waals surface area contributed by atoms with E-state index in [4.69, 9.17) is 9.47 Å². The average Bonchev–Trinajstić information content (AvgIpc) is 3.13. The molecule has 0 bridgehead atoms. The molecule has 1 aliphatic heterocycles. The summed E-state index contributed by atoms with van der Waals surface area (Å²) in [6, 6.07) is 5.91. The number of benzene rings is 1. The van der Waals surface area contributed by atoms with E-state index in [2.05, 4.69) is 4.90 Å². The zero-order chi connectivity index (χ0) is 13.5. The predicted molar refractivity (Wildman–Crippen MR) is 72.5 cm³/mol. The molecule has 1 heterocycles. The summed E-state index contributed by atoms with van der Waals surface area (Å²) in [4.78, 5) is 2.32. The number of hydrogen-bond donors (Lipinski definition) is 1. The average molecular weight is 263 g/mol. The summed E-state index contributed by atoms with van der Waals surface area (Å²) in [7, 11) is 3.33. The van der Waals surface area contributed by atoms with Crippen LogP contribution in [0.4, 0.5) is 0 Å². The molecular weight excluding hydrogens is 242 g/mol. The minimum absolute atomic E-state index is 0.156. The molecule has 1 saturated heterocycles. The Labute approximate surface area is 113 Å². The second-order valence-corrected chi connectivity index (χ2v) is 5.73. The zero-order valence-corrected chi connectivity index (χ0v) is 11.6. The van der Waals surface area contributed by atoms with Crippen molar-refractivity contribution in [3.8, 4) is 11.5 Å². The first-order valence-electron chi connectivity index (χ1n) is 6.78. The fraction of sp³-hybridized carbons (Fsp3) is 0.600. The molecule has 1 aromatic carbocycles. The summed E-state index contributed by atoms with van der Waals surface area (Å²) in [6.07, 6.45) is 2.19. The fourth-order valence-corrected chi connectivity index (χ4v) is 3.05. The number of hydrogen-bond acceptors (Lipinski definition) is 4. The first kappa shape index (κ1) is 12.8. The smallest absolute Gasteiger partial charge is 0.127 e. The van der Waals surface area contributed by atoms with Crippen LogP contribution in [0.2, 0.25) is 0 Å². The second-order valence-electron chi connectivity index (χ2n) is 5.73. The van der Waals surface area contributed by atoms with Gasteiger partial charge in [-0.25, -0.2) is 0 Å². The standard InChI is InChI=1S/C15H21NO3/c1-18-12-4-3-11(13(7-12)19-2)8-16-9-14(17)15(10-16)5-6-15/h3-4,7,14,17H,5-6,8-10H2,1-2H3. The van der Waals surface area contributed by atoms with Crippen molar-refractivity contribution in [1.29, 1.82) is 0 Å². The van der Waals surface area contributed by atoms with Crippen molar-refractivity contribution in [2.75, 3.05) is 27.3 Å². The van der Waals surface area contributed by atoms with Crippen LogP contribution >= 0.6 is 0 Å². The number of likely N-dealkylation sites (tertiary alicyclic amines) is 1. The lowest BCUT2D eigenvalue weighted by Crippen LogP contribution is -2.21. The van der Waals surface area contributed by atoms with Gasteiger partial charge in [-0.05, 0) is 18.9 Å². The molecule has 0 aromatic heterocycles. The van der Waals surface area contributed by atoms with Crippen LogP contribution < -0.4 is 9.47 Å². The van der Waals surface area contributed by atoms with Gasteiger partial charge < -0.3 is 14.6 Å². The van der Waals surface area contributed by atoms with Gasteiger partial charge >= 0.3 is 0 Å². The Bertz CT molecular complexity index is 470. The van der Waals surface area contributed by atoms with Crippen LogP contribution in [0.15, 0.2) is 18.2 Å². The number of rotatable bonds is 4. The first-order chi connectivity index (χ1) is 9.16. The maximum atomic E-state index is 10.1. The Kier molecular flexibility index (Phi) is 3.15. The van der Waals surface area contributed by atoms with Crippen molar-refractivity contribution in [1.82, 2.24) is 4.90 Å². The van der Waals surface area contributed by atoms with Gasteiger partial charge in [0.25, 0.3) is 0 Å². The lowest BCUT2D eigenvalue weighted by atomic mass is 10.0. The van der Waals surface area contributed by atoms with E-state index < -0.39 is 0 Å². The van der Waals surface area contributed by atoms with E-state index in [1.54, 1.807) is 14.2 Å². The quantitative estimate of drug-likeness (QED) is 0.897. The van der Waals surface area contributed by atoms with Gasteiger partial charge in [0.2, 0.25) is 0 Å². The van der Waals surface area contributed by atoms with Crippen molar-refractivity contribution in [3.63, 3.8) is 0 Å². The van der Waals surface area contributed by atoms with Crippen LogP contribution in [0.25, 0.3) is 0 Å². The van der Waals surface area contributed by atoms with Gasteiger partial charge in [-0.15, -0.1) is 0 Å². The highest BCUT2D eigenvalue weighted by Crippen LogP contribution is 2.53. The van der Waals surface area contributed by atoms with Gasteiger partial charge in [-0.2, -0.15) is 0 Å². The molecule has 19 heavy (non-hydrogen) atoms. The maximum Gasteiger partial charge on any atom is 0.127 e. The Hall–Kier alpha value is -1.26. The van der Waals surface area contributed by atoms with Gasteiger partial charge in [0, 0.05) is 36.7 Å². The van der Waals surface area contributed by atoms with E-state index in [0.29, 0.717) is 0 Å². The molecule has 104 valence electrons. The minimum Gasteiger partial charge on any atom is -0.497 e. The fourth-order valence-electron chi connectivity index (χ4n) is 3.05. The summed E-state index contributed by atoms with van der Waals surface area (Å²) >= 11 is 0. The summed E-state index contributed by atoms with van der Waals surface area (Å²) in [6.45, 7) is 2.60. The molecule has 1 unspecified atom stereocenters. The van der Waals surface area contributed by atoms with Crippen LogP contribution in [0, 0.1) is 5.41 Å². The molecule has 1 N–H and O–H groups in total. The third-order valence-electron chi connectivity index (χ3n) is 4.46. The Morgan fingerprint density at radius 3 is 2.68 bits per heavy atom.